The van der Waals surface area contributed by atoms with Crippen LogP contribution in [0.5, 0.6) is 0 Å². The summed E-state index contributed by atoms with van der Waals surface area (Å²) < 4.78 is 23.5. The van der Waals surface area contributed by atoms with Crippen LogP contribution in [0.2, 0.25) is 0 Å². The van der Waals surface area contributed by atoms with Crippen LogP contribution in [-0.2, 0) is 28.6 Å². The largest absolute Gasteiger partial charge is 0.469 e. The van der Waals surface area contributed by atoms with Gasteiger partial charge in [-0.3, -0.25) is 14.4 Å². The summed E-state index contributed by atoms with van der Waals surface area (Å²) >= 11 is 0. The standard InChI is InChI=1S/C28H32O7/c1-13-16(15-8-10-33-14(15)2)11-17-21(13)28(5)18(12-20(30)32-6)27(4)19(29)7-9-26(3)23(27)22(24(28)34-17)35-25(26)31/h7-10,16-18,22-24H,11-12H2,1-6H3. The van der Waals surface area contributed by atoms with Gasteiger partial charge in [0.25, 0.3) is 0 Å². The summed E-state index contributed by atoms with van der Waals surface area (Å²) in [4.78, 5) is 39.7. The number of hydrogen-bond acceptors (Lipinski definition) is 7. The first-order valence-electron chi connectivity index (χ1n) is 12.4. The summed E-state index contributed by atoms with van der Waals surface area (Å²) in [6.45, 7) is 9.95. The van der Waals surface area contributed by atoms with E-state index in [4.69, 9.17) is 18.6 Å². The van der Waals surface area contributed by atoms with Gasteiger partial charge in [0.15, 0.2) is 5.78 Å². The van der Waals surface area contributed by atoms with Gasteiger partial charge in [-0.2, -0.15) is 0 Å². The highest BCUT2D eigenvalue weighted by molar-refractivity contribution is 6.00. The fourth-order valence-corrected chi connectivity index (χ4v) is 8.66. The number of allylic oxidation sites excluding steroid dienone is 2. The average molecular weight is 481 g/mol. The van der Waals surface area contributed by atoms with Crippen molar-refractivity contribution in [1.29, 1.82) is 0 Å². The van der Waals surface area contributed by atoms with E-state index in [0.29, 0.717) is 0 Å². The zero-order valence-corrected chi connectivity index (χ0v) is 21.0. The Morgan fingerprint density at radius 2 is 1.91 bits per heavy atom. The summed E-state index contributed by atoms with van der Waals surface area (Å²) in [7, 11) is 1.37. The second-order valence-corrected chi connectivity index (χ2v) is 11.6. The predicted octanol–water partition coefficient (Wildman–Crippen LogP) is 4.05. The normalized spacial score (nSPS) is 45.3. The summed E-state index contributed by atoms with van der Waals surface area (Å²) in [5.74, 6) is -0.592. The van der Waals surface area contributed by atoms with Gasteiger partial charge in [0.2, 0.25) is 0 Å². The molecule has 35 heavy (non-hydrogen) atoms. The van der Waals surface area contributed by atoms with Gasteiger partial charge in [0.1, 0.15) is 18.0 Å². The number of ketones is 1. The van der Waals surface area contributed by atoms with Gasteiger partial charge in [-0.1, -0.05) is 25.5 Å². The van der Waals surface area contributed by atoms with Gasteiger partial charge in [-0.05, 0) is 50.8 Å². The third-order valence-corrected chi connectivity index (χ3v) is 10.2. The number of esters is 2. The first-order valence-corrected chi connectivity index (χ1v) is 12.4. The molecule has 3 fully saturated rings. The van der Waals surface area contributed by atoms with Crippen molar-refractivity contribution in [3.05, 3.63) is 47.0 Å². The quantitative estimate of drug-likeness (QED) is 0.476. The Hall–Kier alpha value is -2.67. The van der Waals surface area contributed by atoms with Crippen LogP contribution in [0, 0.1) is 35.0 Å². The third kappa shape index (κ3) is 2.52. The molecule has 6 rings (SSSR count). The van der Waals surface area contributed by atoms with Gasteiger partial charge in [0, 0.05) is 28.2 Å². The molecule has 3 aliphatic carbocycles. The molecule has 1 aromatic heterocycles. The molecule has 9 unspecified atom stereocenters. The molecule has 0 N–H and O–H groups in total. The minimum Gasteiger partial charge on any atom is -0.469 e. The van der Waals surface area contributed by atoms with Crippen LogP contribution >= 0.6 is 0 Å². The lowest BCUT2D eigenvalue weighted by molar-refractivity contribution is -0.190. The van der Waals surface area contributed by atoms with Gasteiger partial charge >= 0.3 is 11.9 Å². The Kier molecular flexibility index (Phi) is 4.53. The van der Waals surface area contributed by atoms with E-state index >= 15 is 0 Å². The number of carbonyl (C=O) groups is 3. The lowest BCUT2D eigenvalue weighted by Gasteiger charge is -2.59. The molecule has 9 atom stereocenters. The van der Waals surface area contributed by atoms with Crippen molar-refractivity contribution >= 4 is 17.7 Å². The smallest absolute Gasteiger partial charge is 0.316 e. The molecule has 5 aliphatic rings. The Morgan fingerprint density at radius 3 is 2.57 bits per heavy atom. The van der Waals surface area contributed by atoms with E-state index in [1.807, 2.05) is 26.8 Å². The van der Waals surface area contributed by atoms with Crippen LogP contribution in [0.25, 0.3) is 0 Å². The first kappa shape index (κ1) is 22.8. The molecule has 3 heterocycles. The Balaban J connectivity index is 1.57. The second kappa shape index (κ2) is 6.96. The van der Waals surface area contributed by atoms with Crippen LogP contribution in [-0.4, -0.2) is 43.1 Å². The van der Waals surface area contributed by atoms with E-state index < -0.39 is 40.3 Å². The highest BCUT2D eigenvalue weighted by Crippen LogP contribution is 2.72. The fourth-order valence-electron chi connectivity index (χ4n) is 8.66. The number of carbonyl (C=O) groups excluding carboxylic acids is 3. The predicted molar refractivity (Wildman–Crippen MR) is 124 cm³/mol. The van der Waals surface area contributed by atoms with E-state index in [9.17, 15) is 14.4 Å². The summed E-state index contributed by atoms with van der Waals surface area (Å²) in [6, 6.07) is 2.01. The number of aryl methyl sites for hydroxylation is 1. The number of rotatable bonds is 3. The van der Waals surface area contributed by atoms with Crippen molar-refractivity contribution in [1.82, 2.24) is 0 Å². The first-order chi connectivity index (χ1) is 16.5. The Morgan fingerprint density at radius 1 is 1.17 bits per heavy atom. The Labute approximate surface area is 204 Å². The highest BCUT2D eigenvalue weighted by Gasteiger charge is 2.77. The van der Waals surface area contributed by atoms with Crippen molar-refractivity contribution in [2.45, 2.75) is 71.7 Å². The van der Waals surface area contributed by atoms with E-state index in [0.717, 1.165) is 23.3 Å². The Bertz CT molecular complexity index is 1220. The van der Waals surface area contributed by atoms with Crippen LogP contribution in [0.1, 0.15) is 57.8 Å². The maximum Gasteiger partial charge on any atom is 0.316 e. The molecule has 186 valence electrons. The second-order valence-electron chi connectivity index (χ2n) is 11.6. The minimum absolute atomic E-state index is 0.0648. The molecule has 2 saturated heterocycles. The SMILES string of the molecule is COC(=O)CC1C2(C)C3=C(C)C(c4ccoc4C)CC3OC2C2OC(=O)C3(C)C=CC(=O)C1(C)C23. The van der Waals surface area contributed by atoms with Gasteiger partial charge < -0.3 is 18.6 Å². The zero-order chi connectivity index (χ0) is 25.1. The van der Waals surface area contributed by atoms with E-state index in [1.165, 1.54) is 18.8 Å². The zero-order valence-electron chi connectivity index (χ0n) is 21.0. The molecule has 1 saturated carbocycles. The number of fused-ring (bicyclic) bond motifs is 4. The van der Waals surface area contributed by atoms with Crippen molar-refractivity contribution in [2.75, 3.05) is 7.11 Å². The minimum atomic E-state index is -0.991. The molecular weight excluding hydrogens is 448 g/mol. The lowest BCUT2D eigenvalue weighted by atomic mass is 9.42. The molecular formula is C28H32O7. The maximum atomic E-state index is 13.7. The van der Waals surface area contributed by atoms with Crippen LogP contribution in [0.4, 0.5) is 0 Å². The van der Waals surface area contributed by atoms with Crippen molar-refractivity contribution in [2.24, 2.45) is 28.1 Å². The van der Waals surface area contributed by atoms with Gasteiger partial charge in [0.05, 0.1) is 31.3 Å². The summed E-state index contributed by atoms with van der Waals surface area (Å²) in [5, 5.41) is 0. The highest BCUT2D eigenvalue weighted by atomic mass is 16.6. The molecule has 0 spiro atoms. The molecule has 2 aliphatic heterocycles. The molecule has 7 heteroatoms. The van der Waals surface area contributed by atoms with E-state index in [1.54, 1.807) is 12.3 Å². The van der Waals surface area contributed by atoms with Crippen molar-refractivity contribution in [3.8, 4) is 0 Å². The van der Waals surface area contributed by atoms with Crippen LogP contribution in [0.15, 0.2) is 40.0 Å². The number of ether oxygens (including phenoxy) is 3. The monoisotopic (exact) mass is 480 g/mol. The number of furan rings is 1. The average Bonchev–Trinajstić information content (AvgIpc) is 3.52. The van der Waals surface area contributed by atoms with Crippen LogP contribution in [0.3, 0.4) is 0 Å². The lowest BCUT2D eigenvalue weighted by Crippen LogP contribution is -2.66. The maximum absolute atomic E-state index is 13.7. The van der Waals surface area contributed by atoms with E-state index in [-0.39, 0.29) is 36.2 Å². The summed E-state index contributed by atoms with van der Waals surface area (Å²) in [5.41, 5.74) is 0.839. The molecule has 1 aromatic rings. The van der Waals surface area contributed by atoms with Crippen molar-refractivity contribution in [3.63, 3.8) is 0 Å². The molecule has 0 bridgehead atoms. The third-order valence-electron chi connectivity index (χ3n) is 10.2. The van der Waals surface area contributed by atoms with Crippen molar-refractivity contribution < 1.29 is 33.0 Å². The number of hydrogen-bond donors (Lipinski definition) is 0. The molecule has 7 nitrogen and oxygen atoms in total. The van der Waals surface area contributed by atoms with E-state index in [2.05, 4.69) is 13.8 Å². The topological polar surface area (TPSA) is 92.0 Å². The fraction of sp³-hybridized carbons (Fsp3) is 0.607. The van der Waals surface area contributed by atoms with Gasteiger partial charge in [-0.25, -0.2) is 0 Å². The van der Waals surface area contributed by atoms with Crippen LogP contribution < -0.4 is 0 Å². The molecule has 0 aromatic carbocycles. The van der Waals surface area contributed by atoms with Gasteiger partial charge in [-0.15, -0.1) is 0 Å². The molecule has 0 radical (unpaired) electrons. The number of methoxy groups -OCH3 is 1. The molecule has 0 amide bonds. The summed E-state index contributed by atoms with van der Waals surface area (Å²) in [6.07, 6.45) is 4.56.